The first-order valence-electron chi connectivity index (χ1n) is 11.1. The number of hydrogen-bond acceptors (Lipinski definition) is 5. The molecule has 2 amide bonds. The van der Waals surface area contributed by atoms with Crippen LogP contribution in [0.5, 0.6) is 0 Å². The summed E-state index contributed by atoms with van der Waals surface area (Å²) in [5.41, 5.74) is -1.14. The average molecular weight is 488 g/mol. The molecule has 0 heterocycles. The van der Waals surface area contributed by atoms with E-state index in [4.69, 9.17) is 4.74 Å². The Hall–Kier alpha value is -2.91. The van der Waals surface area contributed by atoms with Crippen LogP contribution in [0.4, 0.5) is 10.5 Å². The number of carbonyl (C=O) groups excluding carboxylic acids is 2. The van der Waals surface area contributed by atoms with Gasteiger partial charge in [0.25, 0.3) is 5.91 Å². The van der Waals surface area contributed by atoms with Crippen molar-refractivity contribution in [2.75, 3.05) is 5.32 Å². The molecule has 0 saturated heterocycles. The van der Waals surface area contributed by atoms with Gasteiger partial charge >= 0.3 is 6.09 Å². The summed E-state index contributed by atoms with van der Waals surface area (Å²) in [7, 11) is -3.69. The number of ether oxygens (including phenoxy) is 1. The highest BCUT2D eigenvalue weighted by Crippen LogP contribution is 2.52. The van der Waals surface area contributed by atoms with Crippen LogP contribution in [0.25, 0.3) is 0 Å². The van der Waals surface area contributed by atoms with E-state index >= 15 is 0 Å². The zero-order valence-electron chi connectivity index (χ0n) is 20.4. The zero-order chi connectivity index (χ0) is 25.4. The molecule has 2 unspecified atom stereocenters. The lowest BCUT2D eigenvalue weighted by atomic mass is 10.1. The largest absolute Gasteiger partial charge is 0.444 e. The molecule has 8 nitrogen and oxygen atoms in total. The van der Waals surface area contributed by atoms with E-state index in [1.54, 1.807) is 41.5 Å². The summed E-state index contributed by atoms with van der Waals surface area (Å²) in [6, 6.07) is 15.4. The smallest absolute Gasteiger partial charge is 0.408 e. The van der Waals surface area contributed by atoms with Crippen LogP contribution in [-0.2, 0) is 19.6 Å². The third-order valence-electron chi connectivity index (χ3n) is 5.15. The van der Waals surface area contributed by atoms with Crippen molar-refractivity contribution in [3.05, 3.63) is 60.2 Å². The van der Waals surface area contributed by atoms with Gasteiger partial charge in [-0.2, -0.15) is 0 Å². The van der Waals surface area contributed by atoms with Crippen molar-refractivity contribution in [3.8, 4) is 0 Å². The van der Waals surface area contributed by atoms with Crippen molar-refractivity contribution in [2.45, 2.75) is 75.5 Å². The fourth-order valence-electron chi connectivity index (χ4n) is 3.70. The molecule has 2 atom stereocenters. The second-order valence-electron chi connectivity index (χ2n) is 10.6. The van der Waals surface area contributed by atoms with E-state index in [0.717, 1.165) is 5.56 Å². The van der Waals surface area contributed by atoms with Crippen molar-refractivity contribution in [3.63, 3.8) is 0 Å². The van der Waals surface area contributed by atoms with E-state index in [1.807, 2.05) is 30.3 Å². The van der Waals surface area contributed by atoms with Crippen molar-refractivity contribution >= 4 is 27.7 Å². The van der Waals surface area contributed by atoms with Gasteiger partial charge in [0, 0.05) is 17.1 Å². The molecule has 0 bridgehead atoms. The van der Waals surface area contributed by atoms with Gasteiger partial charge in [0.1, 0.15) is 11.1 Å². The summed E-state index contributed by atoms with van der Waals surface area (Å²) in [6.07, 6.45) is -0.250. The Balaban J connectivity index is 1.79. The van der Waals surface area contributed by atoms with E-state index in [2.05, 4.69) is 15.4 Å². The highest BCUT2D eigenvalue weighted by atomic mass is 32.2. The SMILES string of the molecule is CC(C)(C)NS(=O)(=O)c1ccc(NC(=O)C2(NC(=O)OC(C)(C)C)CC2c2ccccc2)cc1. The van der Waals surface area contributed by atoms with Gasteiger partial charge in [-0.1, -0.05) is 30.3 Å². The molecule has 2 aromatic carbocycles. The minimum Gasteiger partial charge on any atom is -0.444 e. The van der Waals surface area contributed by atoms with Crippen LogP contribution < -0.4 is 15.4 Å². The number of rotatable bonds is 6. The third kappa shape index (κ3) is 6.36. The van der Waals surface area contributed by atoms with E-state index in [0.29, 0.717) is 12.1 Å². The van der Waals surface area contributed by atoms with Crippen molar-refractivity contribution in [2.24, 2.45) is 0 Å². The lowest BCUT2D eigenvalue weighted by molar-refractivity contribution is -0.119. The maximum absolute atomic E-state index is 13.3. The summed E-state index contributed by atoms with van der Waals surface area (Å²) in [5.74, 6) is -0.604. The van der Waals surface area contributed by atoms with Crippen LogP contribution in [0, 0.1) is 0 Å². The Labute approximate surface area is 201 Å². The number of amides is 2. The first-order valence-corrected chi connectivity index (χ1v) is 12.6. The van der Waals surface area contributed by atoms with E-state index in [1.165, 1.54) is 24.3 Å². The Bertz CT molecular complexity index is 1150. The Morgan fingerprint density at radius 2 is 1.53 bits per heavy atom. The van der Waals surface area contributed by atoms with E-state index < -0.39 is 38.7 Å². The van der Waals surface area contributed by atoms with Crippen LogP contribution in [-0.4, -0.2) is 37.1 Å². The number of alkyl carbamates (subject to hydrolysis) is 1. The van der Waals surface area contributed by atoms with Crippen LogP contribution in [0.2, 0.25) is 0 Å². The molecule has 1 saturated carbocycles. The summed E-state index contributed by atoms with van der Waals surface area (Å²) in [4.78, 5) is 26.0. The topological polar surface area (TPSA) is 114 Å². The Morgan fingerprint density at radius 3 is 2.06 bits per heavy atom. The quantitative estimate of drug-likeness (QED) is 0.566. The maximum atomic E-state index is 13.3. The molecular formula is C25H33N3O5S. The molecule has 0 aliphatic heterocycles. The Kier molecular flexibility index (Phi) is 6.83. The molecule has 1 aliphatic rings. The molecule has 3 rings (SSSR count). The highest BCUT2D eigenvalue weighted by molar-refractivity contribution is 7.89. The van der Waals surface area contributed by atoms with Crippen LogP contribution in [0.3, 0.4) is 0 Å². The number of anilines is 1. The number of sulfonamides is 1. The van der Waals surface area contributed by atoms with Gasteiger partial charge < -0.3 is 15.4 Å². The minimum atomic E-state index is -3.69. The fraction of sp³-hybridized carbons (Fsp3) is 0.440. The van der Waals surface area contributed by atoms with Gasteiger partial charge in [-0.15, -0.1) is 0 Å². The molecule has 34 heavy (non-hydrogen) atoms. The van der Waals surface area contributed by atoms with Gasteiger partial charge in [0.15, 0.2) is 0 Å². The lowest BCUT2D eigenvalue weighted by Crippen LogP contribution is -2.49. The average Bonchev–Trinajstić information content (AvgIpc) is 3.41. The molecule has 3 N–H and O–H groups in total. The predicted octanol–water partition coefficient (Wildman–Crippen LogP) is 4.15. The van der Waals surface area contributed by atoms with E-state index in [9.17, 15) is 18.0 Å². The molecule has 2 aromatic rings. The number of benzene rings is 2. The summed E-state index contributed by atoms with van der Waals surface area (Å²) >= 11 is 0. The number of nitrogens with one attached hydrogen (secondary N) is 3. The standard InChI is InChI=1S/C25H33N3O5S/c1-23(2,3)28-34(31,32)19-14-12-18(13-15-19)26-21(29)25(27-22(30)33-24(4,5)6)16-20(25)17-10-8-7-9-11-17/h7-15,20,28H,16H2,1-6H3,(H,26,29)(H,27,30). The van der Waals surface area contributed by atoms with E-state index in [-0.39, 0.29) is 10.8 Å². The summed E-state index contributed by atoms with van der Waals surface area (Å²) in [6.45, 7) is 10.5. The molecule has 1 aliphatic carbocycles. The van der Waals surface area contributed by atoms with Crippen LogP contribution in [0.1, 0.15) is 59.4 Å². The first-order chi connectivity index (χ1) is 15.6. The fourth-order valence-corrected chi connectivity index (χ4v) is 5.12. The second kappa shape index (κ2) is 9.03. The van der Waals surface area contributed by atoms with Crippen molar-refractivity contribution in [1.29, 1.82) is 0 Å². The molecule has 1 fully saturated rings. The number of hydrogen-bond donors (Lipinski definition) is 3. The van der Waals surface area contributed by atoms with Crippen LogP contribution >= 0.6 is 0 Å². The van der Waals surface area contributed by atoms with Gasteiger partial charge in [-0.25, -0.2) is 17.9 Å². The van der Waals surface area contributed by atoms with Crippen molar-refractivity contribution < 1.29 is 22.7 Å². The minimum absolute atomic E-state index is 0.0931. The molecular weight excluding hydrogens is 454 g/mol. The normalized spacial score (nSPS) is 20.4. The molecule has 0 spiro atoms. The highest BCUT2D eigenvalue weighted by Gasteiger charge is 2.62. The second-order valence-corrected chi connectivity index (χ2v) is 12.3. The third-order valence-corrected chi connectivity index (χ3v) is 6.93. The summed E-state index contributed by atoms with van der Waals surface area (Å²) in [5, 5.41) is 5.59. The van der Waals surface area contributed by atoms with Gasteiger partial charge in [0.2, 0.25) is 10.0 Å². The molecule has 0 aromatic heterocycles. The molecule has 9 heteroatoms. The van der Waals surface area contributed by atoms with Crippen LogP contribution in [0.15, 0.2) is 59.5 Å². The predicted molar refractivity (Wildman–Crippen MR) is 131 cm³/mol. The zero-order valence-corrected chi connectivity index (χ0v) is 21.2. The Morgan fingerprint density at radius 1 is 0.941 bits per heavy atom. The van der Waals surface area contributed by atoms with Crippen molar-refractivity contribution in [1.82, 2.24) is 10.0 Å². The molecule has 184 valence electrons. The number of carbonyl (C=O) groups is 2. The molecule has 0 radical (unpaired) electrons. The maximum Gasteiger partial charge on any atom is 0.408 e. The summed E-state index contributed by atoms with van der Waals surface area (Å²) < 4.78 is 33.0. The first kappa shape index (κ1) is 25.7. The van der Waals surface area contributed by atoms with Gasteiger partial charge in [-0.3, -0.25) is 4.79 Å². The lowest BCUT2D eigenvalue weighted by Gasteiger charge is -2.24. The van der Waals surface area contributed by atoms with Gasteiger partial charge in [0.05, 0.1) is 4.90 Å². The van der Waals surface area contributed by atoms with Gasteiger partial charge in [-0.05, 0) is 77.8 Å². The monoisotopic (exact) mass is 487 g/mol.